The number of ketones is 1. The first-order valence-electron chi connectivity index (χ1n) is 4.55. The standard InChI is InChI=1S/C10H14O5/c1-7(2-4-9(12)13)6-8(11)3-5-10(14)15/h6H,2-5H2,1H3,(H,12,13)(H,14,15)/b7-6+. The summed E-state index contributed by atoms with van der Waals surface area (Å²) in [5, 5.41) is 16.7. The number of carbonyl (C=O) groups is 3. The fraction of sp³-hybridized carbons (Fsp3) is 0.500. The Balaban J connectivity index is 3.94. The molecule has 0 aliphatic heterocycles. The maximum atomic E-state index is 11.1. The molecule has 0 aromatic heterocycles. The highest BCUT2D eigenvalue weighted by molar-refractivity contribution is 5.92. The van der Waals surface area contributed by atoms with E-state index in [0.29, 0.717) is 12.0 Å². The molecule has 0 aliphatic carbocycles. The van der Waals surface area contributed by atoms with Crippen molar-refractivity contribution < 1.29 is 24.6 Å². The van der Waals surface area contributed by atoms with Crippen molar-refractivity contribution in [2.24, 2.45) is 0 Å². The van der Waals surface area contributed by atoms with Crippen LogP contribution in [0.15, 0.2) is 11.6 Å². The van der Waals surface area contributed by atoms with Crippen molar-refractivity contribution in [2.45, 2.75) is 32.6 Å². The third-order valence-electron chi connectivity index (χ3n) is 1.73. The van der Waals surface area contributed by atoms with Gasteiger partial charge in [0.05, 0.1) is 6.42 Å². The number of hydrogen-bond donors (Lipinski definition) is 2. The molecule has 2 N–H and O–H groups in total. The molecule has 0 radical (unpaired) electrons. The van der Waals surface area contributed by atoms with Crippen molar-refractivity contribution in [3.05, 3.63) is 11.6 Å². The largest absolute Gasteiger partial charge is 0.481 e. The summed E-state index contributed by atoms with van der Waals surface area (Å²) in [6, 6.07) is 0. The maximum absolute atomic E-state index is 11.1. The summed E-state index contributed by atoms with van der Waals surface area (Å²) in [6.45, 7) is 1.65. The average molecular weight is 214 g/mol. The molecule has 84 valence electrons. The van der Waals surface area contributed by atoms with Crippen LogP contribution < -0.4 is 0 Å². The second-order valence-electron chi connectivity index (χ2n) is 3.24. The predicted molar refractivity (Wildman–Crippen MR) is 52.5 cm³/mol. The second-order valence-corrected chi connectivity index (χ2v) is 3.24. The van der Waals surface area contributed by atoms with Crippen LogP contribution in [0.4, 0.5) is 0 Å². The lowest BCUT2D eigenvalue weighted by Gasteiger charge is -1.97. The Morgan fingerprint density at radius 1 is 0.933 bits per heavy atom. The highest BCUT2D eigenvalue weighted by Crippen LogP contribution is 2.05. The van der Waals surface area contributed by atoms with E-state index in [1.165, 1.54) is 6.08 Å². The van der Waals surface area contributed by atoms with Gasteiger partial charge in [0.25, 0.3) is 0 Å². The monoisotopic (exact) mass is 214 g/mol. The quantitative estimate of drug-likeness (QED) is 0.622. The summed E-state index contributed by atoms with van der Waals surface area (Å²) in [4.78, 5) is 31.5. The molecule has 0 amide bonds. The molecular weight excluding hydrogens is 200 g/mol. The zero-order valence-electron chi connectivity index (χ0n) is 8.52. The molecule has 15 heavy (non-hydrogen) atoms. The summed E-state index contributed by atoms with van der Waals surface area (Å²) < 4.78 is 0. The fourth-order valence-corrected chi connectivity index (χ4v) is 0.953. The first kappa shape index (κ1) is 13.4. The normalized spacial score (nSPS) is 11.1. The molecule has 0 saturated heterocycles. The van der Waals surface area contributed by atoms with E-state index in [-0.39, 0.29) is 25.0 Å². The van der Waals surface area contributed by atoms with E-state index in [4.69, 9.17) is 10.2 Å². The lowest BCUT2D eigenvalue weighted by molar-refractivity contribution is -0.138. The molecule has 0 unspecified atom stereocenters. The summed E-state index contributed by atoms with van der Waals surface area (Å²) in [6.07, 6.45) is 1.37. The van der Waals surface area contributed by atoms with Gasteiger partial charge >= 0.3 is 11.9 Å². The molecule has 0 aromatic carbocycles. The predicted octanol–water partition coefficient (Wildman–Crippen LogP) is 1.23. The molecule has 0 atom stereocenters. The van der Waals surface area contributed by atoms with Crippen molar-refractivity contribution in [3.63, 3.8) is 0 Å². The minimum atomic E-state index is -1.01. The van der Waals surface area contributed by atoms with Crippen molar-refractivity contribution in [1.29, 1.82) is 0 Å². The maximum Gasteiger partial charge on any atom is 0.303 e. The summed E-state index contributed by atoms with van der Waals surface area (Å²) in [7, 11) is 0. The van der Waals surface area contributed by atoms with E-state index in [2.05, 4.69) is 0 Å². The Kier molecular flexibility index (Phi) is 6.01. The molecule has 0 saturated carbocycles. The minimum Gasteiger partial charge on any atom is -0.481 e. The highest BCUT2D eigenvalue weighted by atomic mass is 16.4. The Hall–Kier alpha value is -1.65. The number of carbonyl (C=O) groups excluding carboxylic acids is 1. The van der Waals surface area contributed by atoms with Crippen LogP contribution in [0.3, 0.4) is 0 Å². The smallest absolute Gasteiger partial charge is 0.303 e. The number of carboxylic acids is 2. The second kappa shape index (κ2) is 6.75. The molecule has 0 bridgehead atoms. The molecule has 5 heteroatoms. The van der Waals surface area contributed by atoms with Crippen LogP contribution in [0.5, 0.6) is 0 Å². The van der Waals surface area contributed by atoms with Crippen molar-refractivity contribution in [2.75, 3.05) is 0 Å². The van der Waals surface area contributed by atoms with Crippen molar-refractivity contribution in [1.82, 2.24) is 0 Å². The third-order valence-corrected chi connectivity index (χ3v) is 1.73. The van der Waals surface area contributed by atoms with Gasteiger partial charge in [0.15, 0.2) is 5.78 Å². The number of carboxylic acid groups (broad SMARTS) is 2. The highest BCUT2D eigenvalue weighted by Gasteiger charge is 2.04. The Labute approximate surface area is 87.4 Å². The Bertz CT molecular complexity index is 290. The molecule has 0 aliphatic rings. The average Bonchev–Trinajstić information content (AvgIpc) is 2.11. The third kappa shape index (κ3) is 8.67. The van der Waals surface area contributed by atoms with E-state index in [0.717, 1.165) is 0 Å². The van der Waals surface area contributed by atoms with Gasteiger partial charge in [-0.1, -0.05) is 5.57 Å². The number of allylic oxidation sites excluding steroid dienone is 2. The first-order chi connectivity index (χ1) is 6.91. The summed E-state index contributed by atoms with van der Waals surface area (Å²) >= 11 is 0. The Morgan fingerprint density at radius 3 is 1.87 bits per heavy atom. The van der Waals surface area contributed by atoms with Crippen molar-refractivity contribution >= 4 is 17.7 Å². The van der Waals surface area contributed by atoms with Crippen LogP contribution in [-0.2, 0) is 14.4 Å². The molecule has 0 aromatic rings. The zero-order chi connectivity index (χ0) is 11.8. The Morgan fingerprint density at radius 2 is 1.40 bits per heavy atom. The topological polar surface area (TPSA) is 91.7 Å². The van der Waals surface area contributed by atoms with Gasteiger partial charge in [0.2, 0.25) is 0 Å². The van der Waals surface area contributed by atoms with Crippen LogP contribution >= 0.6 is 0 Å². The van der Waals surface area contributed by atoms with Gasteiger partial charge in [-0.05, 0) is 19.4 Å². The number of rotatable bonds is 7. The van der Waals surface area contributed by atoms with Gasteiger partial charge in [0.1, 0.15) is 0 Å². The lowest BCUT2D eigenvalue weighted by atomic mass is 10.1. The van der Waals surface area contributed by atoms with Crippen LogP contribution in [-0.4, -0.2) is 27.9 Å². The van der Waals surface area contributed by atoms with Crippen LogP contribution in [0.25, 0.3) is 0 Å². The molecule has 0 spiro atoms. The van der Waals surface area contributed by atoms with Gasteiger partial charge in [-0.3, -0.25) is 14.4 Å². The van der Waals surface area contributed by atoms with Gasteiger partial charge in [-0.25, -0.2) is 0 Å². The van der Waals surface area contributed by atoms with Gasteiger partial charge in [0, 0.05) is 12.8 Å². The summed E-state index contributed by atoms with van der Waals surface area (Å²) in [5.74, 6) is -2.21. The minimum absolute atomic E-state index is 0.0193. The molecular formula is C10H14O5. The van der Waals surface area contributed by atoms with Crippen LogP contribution in [0, 0.1) is 0 Å². The van der Waals surface area contributed by atoms with Crippen LogP contribution in [0.1, 0.15) is 32.6 Å². The van der Waals surface area contributed by atoms with Gasteiger partial charge in [-0.2, -0.15) is 0 Å². The van der Waals surface area contributed by atoms with E-state index >= 15 is 0 Å². The van der Waals surface area contributed by atoms with Gasteiger partial charge in [-0.15, -0.1) is 0 Å². The fourth-order valence-electron chi connectivity index (χ4n) is 0.953. The summed E-state index contributed by atoms with van der Waals surface area (Å²) in [5.41, 5.74) is 0.660. The molecule has 0 rings (SSSR count). The molecule has 5 nitrogen and oxygen atoms in total. The zero-order valence-corrected chi connectivity index (χ0v) is 8.52. The molecule has 0 fully saturated rings. The van der Waals surface area contributed by atoms with Crippen molar-refractivity contribution in [3.8, 4) is 0 Å². The first-order valence-corrected chi connectivity index (χ1v) is 4.55. The van der Waals surface area contributed by atoms with E-state index < -0.39 is 11.9 Å². The van der Waals surface area contributed by atoms with Gasteiger partial charge < -0.3 is 10.2 Å². The number of hydrogen-bond acceptors (Lipinski definition) is 3. The molecule has 0 heterocycles. The lowest BCUT2D eigenvalue weighted by Crippen LogP contribution is -2.01. The van der Waals surface area contributed by atoms with E-state index in [1.807, 2.05) is 0 Å². The van der Waals surface area contributed by atoms with E-state index in [1.54, 1.807) is 6.92 Å². The SMILES string of the molecule is C/C(=C\C(=O)CCC(=O)O)CCC(=O)O. The van der Waals surface area contributed by atoms with E-state index in [9.17, 15) is 14.4 Å². The van der Waals surface area contributed by atoms with Crippen LogP contribution in [0.2, 0.25) is 0 Å². The number of aliphatic carboxylic acids is 2.